The maximum Gasteiger partial charge on any atom is 0.0528 e. The van der Waals surface area contributed by atoms with Crippen molar-refractivity contribution in [2.24, 2.45) is 0 Å². The molecule has 0 aromatic carbocycles. The predicted octanol–water partition coefficient (Wildman–Crippen LogP) is 2.37. The lowest BCUT2D eigenvalue weighted by Crippen LogP contribution is -2.39. The average Bonchev–Trinajstić information content (AvgIpc) is 2.33. The lowest BCUT2D eigenvalue weighted by Gasteiger charge is -2.32. The summed E-state index contributed by atoms with van der Waals surface area (Å²) in [6.07, 6.45) is 7.47. The number of nitrogens with one attached hydrogen (secondary N) is 1. The van der Waals surface area contributed by atoms with Crippen molar-refractivity contribution in [2.75, 3.05) is 25.0 Å². The molecule has 2 rings (SSSR count). The molecule has 88 valence electrons. The summed E-state index contributed by atoms with van der Waals surface area (Å²) in [6.45, 7) is 5.96. The van der Waals surface area contributed by atoms with Crippen LogP contribution in [0, 0.1) is 0 Å². The van der Waals surface area contributed by atoms with Crippen molar-refractivity contribution >= 4 is 5.69 Å². The Morgan fingerprint density at radius 3 is 2.88 bits per heavy atom. The van der Waals surface area contributed by atoms with Crippen LogP contribution in [-0.2, 0) is 0 Å². The molecular formula is C13H21N3. The van der Waals surface area contributed by atoms with E-state index in [1.807, 2.05) is 18.5 Å². The summed E-state index contributed by atoms with van der Waals surface area (Å²) in [5, 5.41) is 3.55. The Morgan fingerprint density at radius 1 is 1.44 bits per heavy atom. The lowest BCUT2D eigenvalue weighted by molar-refractivity contribution is 0.219. The van der Waals surface area contributed by atoms with Gasteiger partial charge in [-0.05, 0) is 37.9 Å². The van der Waals surface area contributed by atoms with Crippen LogP contribution in [0.2, 0.25) is 0 Å². The molecule has 1 aromatic rings. The molecule has 1 aliphatic heterocycles. The van der Waals surface area contributed by atoms with Gasteiger partial charge in [-0.2, -0.15) is 0 Å². The Labute approximate surface area is 97.9 Å². The number of aromatic nitrogens is 1. The third-order valence-corrected chi connectivity index (χ3v) is 3.16. The number of rotatable bonds is 4. The fourth-order valence-electron chi connectivity index (χ4n) is 2.30. The van der Waals surface area contributed by atoms with E-state index in [0.29, 0.717) is 6.04 Å². The van der Waals surface area contributed by atoms with Crippen LogP contribution in [0.5, 0.6) is 0 Å². The van der Waals surface area contributed by atoms with E-state index < -0.39 is 0 Å². The van der Waals surface area contributed by atoms with Crippen LogP contribution in [0.4, 0.5) is 5.69 Å². The summed E-state index contributed by atoms with van der Waals surface area (Å²) in [6, 6.07) is 4.69. The van der Waals surface area contributed by atoms with Crippen LogP contribution < -0.4 is 5.32 Å². The van der Waals surface area contributed by atoms with Crippen LogP contribution in [0.1, 0.15) is 26.2 Å². The monoisotopic (exact) mass is 219 g/mol. The Bertz CT molecular complexity index is 291. The molecule has 2 heterocycles. The molecule has 0 saturated carbocycles. The van der Waals surface area contributed by atoms with Crippen LogP contribution >= 0.6 is 0 Å². The van der Waals surface area contributed by atoms with E-state index >= 15 is 0 Å². The second kappa shape index (κ2) is 5.85. The second-order valence-corrected chi connectivity index (χ2v) is 4.50. The highest BCUT2D eigenvalue weighted by Gasteiger charge is 2.17. The highest BCUT2D eigenvalue weighted by atomic mass is 15.1. The van der Waals surface area contributed by atoms with Crippen LogP contribution in [0.3, 0.4) is 0 Å². The third kappa shape index (κ3) is 3.20. The highest BCUT2D eigenvalue weighted by Crippen LogP contribution is 2.15. The topological polar surface area (TPSA) is 28.2 Å². The van der Waals surface area contributed by atoms with Crippen molar-refractivity contribution < 1.29 is 0 Å². The minimum Gasteiger partial charge on any atom is -0.381 e. The molecule has 1 aromatic heterocycles. The second-order valence-electron chi connectivity index (χ2n) is 4.50. The largest absolute Gasteiger partial charge is 0.381 e. The van der Waals surface area contributed by atoms with E-state index in [-0.39, 0.29) is 0 Å². The van der Waals surface area contributed by atoms with E-state index in [9.17, 15) is 0 Å². The van der Waals surface area contributed by atoms with Gasteiger partial charge in [0.1, 0.15) is 0 Å². The SMILES string of the molecule is CCCN1CCC(Nc2cccnc2)CC1. The smallest absolute Gasteiger partial charge is 0.0528 e. The van der Waals surface area contributed by atoms with Crippen molar-refractivity contribution in [3.63, 3.8) is 0 Å². The summed E-state index contributed by atoms with van der Waals surface area (Å²) in [7, 11) is 0. The number of anilines is 1. The van der Waals surface area contributed by atoms with E-state index in [0.717, 1.165) is 5.69 Å². The van der Waals surface area contributed by atoms with Crippen LogP contribution in [0.25, 0.3) is 0 Å². The average molecular weight is 219 g/mol. The number of hydrogen-bond donors (Lipinski definition) is 1. The number of hydrogen-bond acceptors (Lipinski definition) is 3. The molecule has 0 atom stereocenters. The first kappa shape index (κ1) is 11.4. The van der Waals surface area contributed by atoms with Crippen molar-refractivity contribution in [1.82, 2.24) is 9.88 Å². The zero-order valence-corrected chi connectivity index (χ0v) is 10.0. The molecule has 3 heteroatoms. The minimum absolute atomic E-state index is 0.623. The first-order chi connectivity index (χ1) is 7.88. The van der Waals surface area contributed by atoms with Crippen molar-refractivity contribution in [2.45, 2.75) is 32.2 Å². The van der Waals surface area contributed by atoms with Gasteiger partial charge in [-0.25, -0.2) is 0 Å². The fourth-order valence-corrected chi connectivity index (χ4v) is 2.30. The Hall–Kier alpha value is -1.09. The molecule has 1 saturated heterocycles. The molecule has 0 amide bonds. The van der Waals surface area contributed by atoms with E-state index in [2.05, 4.69) is 28.2 Å². The van der Waals surface area contributed by atoms with Gasteiger partial charge in [-0.1, -0.05) is 6.92 Å². The van der Waals surface area contributed by atoms with Gasteiger partial charge in [-0.15, -0.1) is 0 Å². The Kier molecular flexibility index (Phi) is 4.17. The summed E-state index contributed by atoms with van der Waals surface area (Å²) in [5.41, 5.74) is 1.15. The normalized spacial score (nSPS) is 18.6. The Morgan fingerprint density at radius 2 is 2.25 bits per heavy atom. The molecule has 0 bridgehead atoms. The zero-order valence-electron chi connectivity index (χ0n) is 10.0. The molecule has 1 fully saturated rings. The summed E-state index contributed by atoms with van der Waals surface area (Å²) in [5.74, 6) is 0. The van der Waals surface area contributed by atoms with Gasteiger partial charge in [0.25, 0.3) is 0 Å². The Balaban J connectivity index is 1.77. The minimum atomic E-state index is 0.623. The van der Waals surface area contributed by atoms with Gasteiger partial charge in [0.2, 0.25) is 0 Å². The zero-order chi connectivity index (χ0) is 11.2. The van der Waals surface area contributed by atoms with Gasteiger partial charge in [0, 0.05) is 31.5 Å². The van der Waals surface area contributed by atoms with Crippen molar-refractivity contribution in [1.29, 1.82) is 0 Å². The predicted molar refractivity (Wildman–Crippen MR) is 67.6 cm³/mol. The molecule has 0 aliphatic carbocycles. The van der Waals surface area contributed by atoms with Gasteiger partial charge < -0.3 is 10.2 Å². The number of piperidine rings is 1. The number of likely N-dealkylation sites (tertiary alicyclic amines) is 1. The van der Waals surface area contributed by atoms with Gasteiger partial charge in [0.05, 0.1) is 5.69 Å². The number of nitrogens with zero attached hydrogens (tertiary/aromatic N) is 2. The van der Waals surface area contributed by atoms with Gasteiger partial charge in [-0.3, -0.25) is 4.98 Å². The quantitative estimate of drug-likeness (QED) is 0.842. The summed E-state index contributed by atoms with van der Waals surface area (Å²) in [4.78, 5) is 6.68. The maximum absolute atomic E-state index is 4.12. The molecule has 1 aliphatic rings. The number of pyridine rings is 1. The molecule has 0 unspecified atom stereocenters. The van der Waals surface area contributed by atoms with Crippen LogP contribution in [-0.4, -0.2) is 35.6 Å². The summed E-state index contributed by atoms with van der Waals surface area (Å²) >= 11 is 0. The van der Waals surface area contributed by atoms with Crippen molar-refractivity contribution in [3.8, 4) is 0 Å². The van der Waals surface area contributed by atoms with E-state index in [4.69, 9.17) is 0 Å². The van der Waals surface area contributed by atoms with Crippen molar-refractivity contribution in [3.05, 3.63) is 24.5 Å². The van der Waals surface area contributed by atoms with E-state index in [1.54, 1.807) is 0 Å². The lowest BCUT2D eigenvalue weighted by atomic mass is 10.0. The molecule has 16 heavy (non-hydrogen) atoms. The molecule has 0 radical (unpaired) electrons. The van der Waals surface area contributed by atoms with Gasteiger partial charge >= 0.3 is 0 Å². The van der Waals surface area contributed by atoms with E-state index in [1.165, 1.54) is 38.9 Å². The third-order valence-electron chi connectivity index (χ3n) is 3.16. The van der Waals surface area contributed by atoms with Gasteiger partial charge in [0.15, 0.2) is 0 Å². The molecular weight excluding hydrogens is 198 g/mol. The first-order valence-electron chi connectivity index (χ1n) is 6.27. The molecule has 0 spiro atoms. The maximum atomic E-state index is 4.12. The highest BCUT2D eigenvalue weighted by molar-refractivity contribution is 5.40. The fraction of sp³-hybridized carbons (Fsp3) is 0.615. The molecule has 1 N–H and O–H groups in total. The van der Waals surface area contributed by atoms with Crippen LogP contribution in [0.15, 0.2) is 24.5 Å². The molecule has 3 nitrogen and oxygen atoms in total. The first-order valence-corrected chi connectivity index (χ1v) is 6.27. The standard InChI is InChI=1S/C13H21N3/c1-2-8-16-9-5-12(6-10-16)15-13-4-3-7-14-11-13/h3-4,7,11-12,15H,2,5-6,8-10H2,1H3. The summed E-state index contributed by atoms with van der Waals surface area (Å²) < 4.78 is 0.